The van der Waals surface area contributed by atoms with Gasteiger partial charge in [0, 0.05) is 6.07 Å². The van der Waals surface area contributed by atoms with E-state index < -0.39 is 38.7 Å². The number of carboxylic acid groups (broad SMARTS) is 1. The van der Waals surface area contributed by atoms with Crippen LogP contribution in [0.25, 0.3) is 0 Å². The van der Waals surface area contributed by atoms with Gasteiger partial charge in [-0.1, -0.05) is 0 Å². The molecule has 0 unspecified atom stereocenters. The van der Waals surface area contributed by atoms with E-state index in [0.29, 0.717) is 6.07 Å². The van der Waals surface area contributed by atoms with Gasteiger partial charge in [-0.3, -0.25) is 10.1 Å². The molecule has 98 valence electrons. The van der Waals surface area contributed by atoms with E-state index in [9.17, 15) is 28.1 Å². The lowest BCUT2D eigenvalue weighted by molar-refractivity contribution is -0.388. The molecular formula is C8H3BrF3NO5. The third-order valence-electron chi connectivity index (χ3n) is 1.69. The molecule has 1 rings (SSSR count). The van der Waals surface area contributed by atoms with E-state index in [2.05, 4.69) is 20.7 Å². The molecule has 0 fully saturated rings. The first-order chi connectivity index (χ1) is 8.11. The van der Waals surface area contributed by atoms with E-state index in [-0.39, 0.29) is 0 Å². The van der Waals surface area contributed by atoms with Gasteiger partial charge in [0.2, 0.25) is 5.75 Å². The Balaban J connectivity index is 3.41. The monoisotopic (exact) mass is 329 g/mol. The van der Waals surface area contributed by atoms with Crippen LogP contribution in [0.15, 0.2) is 16.6 Å². The van der Waals surface area contributed by atoms with Crippen LogP contribution in [0.1, 0.15) is 10.4 Å². The highest BCUT2D eigenvalue weighted by molar-refractivity contribution is 9.10. The molecule has 0 heterocycles. The van der Waals surface area contributed by atoms with Gasteiger partial charge in [0.25, 0.3) is 0 Å². The van der Waals surface area contributed by atoms with Crippen molar-refractivity contribution in [2.75, 3.05) is 0 Å². The van der Waals surface area contributed by atoms with Crippen LogP contribution in [0.3, 0.4) is 0 Å². The Bertz CT molecular complexity index is 516. The minimum atomic E-state index is -5.13. The Hall–Kier alpha value is -1.84. The second-order valence-electron chi connectivity index (χ2n) is 2.92. The summed E-state index contributed by atoms with van der Waals surface area (Å²) >= 11 is 2.59. The molecule has 6 nitrogen and oxygen atoms in total. The maximum atomic E-state index is 12.0. The van der Waals surface area contributed by atoms with Crippen LogP contribution < -0.4 is 4.74 Å². The van der Waals surface area contributed by atoms with Gasteiger partial charge in [-0.15, -0.1) is 13.2 Å². The van der Waals surface area contributed by atoms with Crippen LogP contribution >= 0.6 is 15.9 Å². The summed E-state index contributed by atoms with van der Waals surface area (Å²) < 4.78 is 39.1. The van der Waals surface area contributed by atoms with Crippen molar-refractivity contribution in [1.82, 2.24) is 0 Å². The van der Waals surface area contributed by atoms with Gasteiger partial charge >= 0.3 is 18.0 Å². The molecule has 1 aromatic carbocycles. The number of aromatic carboxylic acids is 1. The minimum absolute atomic E-state index is 0.480. The average Bonchev–Trinajstić information content (AvgIpc) is 2.18. The minimum Gasteiger partial charge on any atom is -0.478 e. The van der Waals surface area contributed by atoms with E-state index in [1.165, 1.54) is 0 Å². The van der Waals surface area contributed by atoms with Gasteiger partial charge in [-0.2, -0.15) is 0 Å². The molecule has 0 aromatic heterocycles. The molecule has 18 heavy (non-hydrogen) atoms. The summed E-state index contributed by atoms with van der Waals surface area (Å²) in [5.41, 5.74) is -1.64. The molecule has 0 saturated carbocycles. The lowest BCUT2D eigenvalue weighted by Gasteiger charge is -2.11. The first-order valence-corrected chi connectivity index (χ1v) is 4.88. The fourth-order valence-electron chi connectivity index (χ4n) is 1.05. The Morgan fingerprint density at radius 3 is 2.39 bits per heavy atom. The summed E-state index contributed by atoms with van der Waals surface area (Å²) in [5.74, 6) is -2.62. The number of nitrogens with zero attached hydrogens (tertiary/aromatic N) is 1. The number of hydrogen-bond acceptors (Lipinski definition) is 4. The van der Waals surface area contributed by atoms with Crippen molar-refractivity contribution < 1.29 is 32.7 Å². The topological polar surface area (TPSA) is 89.7 Å². The Kier molecular flexibility index (Phi) is 3.79. The van der Waals surface area contributed by atoms with Crippen molar-refractivity contribution in [3.05, 3.63) is 32.3 Å². The lowest BCUT2D eigenvalue weighted by atomic mass is 10.2. The third kappa shape index (κ3) is 3.32. The second kappa shape index (κ2) is 4.80. The third-order valence-corrected chi connectivity index (χ3v) is 2.27. The number of nitro benzene ring substituents is 1. The molecule has 1 N–H and O–H groups in total. The molecule has 1 aromatic rings. The van der Waals surface area contributed by atoms with Gasteiger partial charge in [-0.05, 0) is 22.0 Å². The number of hydrogen-bond donors (Lipinski definition) is 1. The summed E-state index contributed by atoms with van der Waals surface area (Å²) in [4.78, 5) is 20.0. The van der Waals surface area contributed by atoms with Gasteiger partial charge in [-0.25, -0.2) is 4.79 Å². The summed E-state index contributed by atoms with van der Waals surface area (Å²) in [6.07, 6.45) is -5.13. The highest BCUT2D eigenvalue weighted by Gasteiger charge is 2.36. The van der Waals surface area contributed by atoms with Crippen LogP contribution in [-0.4, -0.2) is 22.4 Å². The largest absolute Gasteiger partial charge is 0.573 e. The molecule has 0 radical (unpaired) electrons. The number of carbonyl (C=O) groups is 1. The number of rotatable bonds is 3. The molecule has 0 bridgehead atoms. The van der Waals surface area contributed by atoms with E-state index >= 15 is 0 Å². The number of nitro groups is 1. The molecule has 0 spiro atoms. The summed E-state index contributed by atoms with van der Waals surface area (Å²) in [6.45, 7) is 0. The lowest BCUT2D eigenvalue weighted by Crippen LogP contribution is -2.18. The van der Waals surface area contributed by atoms with E-state index in [1.807, 2.05) is 0 Å². The maximum absolute atomic E-state index is 12.0. The van der Waals surface area contributed by atoms with Gasteiger partial charge in [0.05, 0.1) is 15.0 Å². The molecule has 0 amide bonds. The molecule has 0 atom stereocenters. The van der Waals surface area contributed by atoms with Crippen molar-refractivity contribution >= 4 is 27.6 Å². The normalized spacial score (nSPS) is 11.1. The molecule has 0 aliphatic heterocycles. The number of halogens is 4. The first-order valence-electron chi connectivity index (χ1n) is 4.09. The van der Waals surface area contributed by atoms with Crippen LogP contribution in [0.4, 0.5) is 18.9 Å². The molecular weight excluding hydrogens is 327 g/mol. The predicted molar refractivity (Wildman–Crippen MR) is 54.4 cm³/mol. The smallest absolute Gasteiger partial charge is 0.478 e. The molecule has 0 aliphatic carbocycles. The van der Waals surface area contributed by atoms with Crippen molar-refractivity contribution in [1.29, 1.82) is 0 Å². The molecule has 0 saturated heterocycles. The Morgan fingerprint density at radius 2 is 2.00 bits per heavy atom. The standard InChI is InChI=1S/C8H3BrF3NO5/c9-4-1-3(7(14)15)2-5(13(16)17)6(4)18-8(10,11)12/h1-2H,(H,14,15). The molecule has 0 aliphatic rings. The van der Waals surface area contributed by atoms with E-state index in [0.717, 1.165) is 6.07 Å². The van der Waals surface area contributed by atoms with Crippen molar-refractivity contribution in [3.63, 3.8) is 0 Å². The Labute approximate surface area is 105 Å². The second-order valence-corrected chi connectivity index (χ2v) is 3.77. The Morgan fingerprint density at radius 1 is 1.44 bits per heavy atom. The van der Waals surface area contributed by atoms with Gasteiger partial charge in [0.1, 0.15) is 0 Å². The van der Waals surface area contributed by atoms with Crippen molar-refractivity contribution in [3.8, 4) is 5.75 Å². The van der Waals surface area contributed by atoms with E-state index in [4.69, 9.17) is 5.11 Å². The highest BCUT2D eigenvalue weighted by Crippen LogP contribution is 2.39. The molecule has 10 heteroatoms. The van der Waals surface area contributed by atoms with Gasteiger partial charge < -0.3 is 9.84 Å². The van der Waals surface area contributed by atoms with Crippen molar-refractivity contribution in [2.45, 2.75) is 6.36 Å². The zero-order chi connectivity index (χ0) is 14.1. The number of alkyl halides is 3. The van der Waals surface area contributed by atoms with Crippen molar-refractivity contribution in [2.24, 2.45) is 0 Å². The van der Waals surface area contributed by atoms with Crippen LogP contribution in [0, 0.1) is 10.1 Å². The fraction of sp³-hybridized carbons (Fsp3) is 0.125. The van der Waals surface area contributed by atoms with Crippen LogP contribution in [0.2, 0.25) is 0 Å². The van der Waals surface area contributed by atoms with E-state index in [1.54, 1.807) is 0 Å². The zero-order valence-corrected chi connectivity index (χ0v) is 9.78. The number of benzene rings is 1. The zero-order valence-electron chi connectivity index (χ0n) is 8.19. The summed E-state index contributed by atoms with van der Waals surface area (Å²) in [5, 5.41) is 19.2. The summed E-state index contributed by atoms with van der Waals surface area (Å²) in [6, 6.07) is 1.25. The SMILES string of the molecule is O=C(O)c1cc(Br)c(OC(F)(F)F)c([N+](=O)[O-])c1. The first kappa shape index (κ1) is 14.2. The van der Waals surface area contributed by atoms with Gasteiger partial charge in [0.15, 0.2) is 0 Å². The number of ether oxygens (including phenoxy) is 1. The van der Waals surface area contributed by atoms with Crippen LogP contribution in [0.5, 0.6) is 5.75 Å². The number of carboxylic acids is 1. The fourth-order valence-corrected chi connectivity index (χ4v) is 1.59. The quantitative estimate of drug-likeness (QED) is 0.680. The highest BCUT2D eigenvalue weighted by atomic mass is 79.9. The average molecular weight is 330 g/mol. The van der Waals surface area contributed by atoms with Crippen LogP contribution in [-0.2, 0) is 0 Å². The maximum Gasteiger partial charge on any atom is 0.573 e. The predicted octanol–water partition coefficient (Wildman–Crippen LogP) is 2.95. The summed E-state index contributed by atoms with van der Waals surface area (Å²) in [7, 11) is 0.